The van der Waals surface area contributed by atoms with Crippen molar-refractivity contribution >= 4 is 27.5 Å². The molecule has 31 heavy (non-hydrogen) atoms. The maximum atomic E-state index is 13.1. The largest absolute Gasteiger partial charge is 0.466 e. The number of nitrogens with zero attached hydrogens (tertiary/aromatic N) is 3. The van der Waals surface area contributed by atoms with E-state index in [0.29, 0.717) is 16.8 Å². The Bertz CT molecular complexity index is 1230. The van der Waals surface area contributed by atoms with E-state index in [1.807, 2.05) is 54.9 Å². The van der Waals surface area contributed by atoms with E-state index in [4.69, 9.17) is 4.74 Å². The number of thiophene rings is 1. The minimum absolute atomic E-state index is 0.129. The zero-order valence-electron chi connectivity index (χ0n) is 17.3. The van der Waals surface area contributed by atoms with Crippen LogP contribution in [0.5, 0.6) is 0 Å². The molecule has 3 aromatic heterocycles. The summed E-state index contributed by atoms with van der Waals surface area (Å²) in [4.78, 5) is 34.3. The van der Waals surface area contributed by atoms with Crippen LogP contribution in [-0.2, 0) is 22.5 Å². The van der Waals surface area contributed by atoms with E-state index in [1.165, 1.54) is 22.2 Å². The lowest BCUT2D eigenvalue weighted by atomic mass is 10.1. The number of benzene rings is 1. The molecule has 0 aliphatic rings. The van der Waals surface area contributed by atoms with Crippen LogP contribution in [-0.4, -0.2) is 27.1 Å². The van der Waals surface area contributed by atoms with Crippen molar-refractivity contribution in [1.29, 1.82) is 0 Å². The summed E-state index contributed by atoms with van der Waals surface area (Å²) in [6.45, 7) is 2.62. The maximum Gasteiger partial charge on any atom is 0.307 e. The number of rotatable bonds is 8. The van der Waals surface area contributed by atoms with Crippen molar-refractivity contribution in [3.8, 4) is 11.1 Å². The van der Waals surface area contributed by atoms with Gasteiger partial charge in [-0.3, -0.25) is 19.1 Å². The highest BCUT2D eigenvalue weighted by atomic mass is 32.1. The van der Waals surface area contributed by atoms with E-state index in [-0.39, 0.29) is 24.5 Å². The normalized spacial score (nSPS) is 11.0. The molecular weight excluding hydrogens is 410 g/mol. The van der Waals surface area contributed by atoms with Gasteiger partial charge in [0.2, 0.25) is 0 Å². The summed E-state index contributed by atoms with van der Waals surface area (Å²) in [7, 11) is 0. The van der Waals surface area contributed by atoms with Gasteiger partial charge in [0.1, 0.15) is 4.83 Å². The maximum absolute atomic E-state index is 13.1. The molecule has 1 aromatic carbocycles. The Morgan fingerprint density at radius 1 is 1.19 bits per heavy atom. The van der Waals surface area contributed by atoms with Crippen molar-refractivity contribution in [2.45, 2.75) is 32.7 Å². The summed E-state index contributed by atoms with van der Waals surface area (Å²) in [6, 6.07) is 12.0. The number of ether oxygens (including phenoxy) is 1. The SMILES string of the molecule is Cc1ccc(-c2csc3ncn(CCC(=O)OCCCc4cccnc4)c(=O)c23)cc1. The molecule has 0 amide bonds. The van der Waals surface area contributed by atoms with Gasteiger partial charge in [-0.2, -0.15) is 0 Å². The van der Waals surface area contributed by atoms with Crippen LogP contribution in [0, 0.1) is 6.92 Å². The number of carbonyl (C=O) groups excluding carboxylic acids is 1. The lowest BCUT2D eigenvalue weighted by Gasteiger charge is -2.07. The fourth-order valence-corrected chi connectivity index (χ4v) is 4.27. The van der Waals surface area contributed by atoms with Crippen LogP contribution in [0.3, 0.4) is 0 Å². The van der Waals surface area contributed by atoms with E-state index in [9.17, 15) is 9.59 Å². The van der Waals surface area contributed by atoms with Crippen molar-refractivity contribution in [2.75, 3.05) is 6.61 Å². The number of hydrogen-bond acceptors (Lipinski definition) is 6. The van der Waals surface area contributed by atoms with E-state index in [1.54, 1.807) is 6.20 Å². The Balaban J connectivity index is 1.38. The highest BCUT2D eigenvalue weighted by Gasteiger charge is 2.14. The molecule has 158 valence electrons. The molecule has 0 radical (unpaired) electrons. The molecule has 0 atom stereocenters. The number of carbonyl (C=O) groups is 1. The number of aryl methyl sites for hydroxylation is 3. The van der Waals surface area contributed by atoms with Gasteiger partial charge in [-0.05, 0) is 37.0 Å². The van der Waals surface area contributed by atoms with Crippen molar-refractivity contribution in [3.63, 3.8) is 0 Å². The second-order valence-electron chi connectivity index (χ2n) is 7.37. The molecule has 0 unspecified atom stereocenters. The Labute approximate surface area is 184 Å². The van der Waals surface area contributed by atoms with Gasteiger partial charge < -0.3 is 4.74 Å². The van der Waals surface area contributed by atoms with E-state index in [0.717, 1.165) is 35.1 Å². The van der Waals surface area contributed by atoms with Gasteiger partial charge >= 0.3 is 5.97 Å². The standard InChI is InChI=1S/C24H23N3O3S/c1-17-6-8-19(9-7-17)20-15-31-23-22(20)24(29)27(16-26-23)12-10-21(28)30-13-3-5-18-4-2-11-25-14-18/h2,4,6-9,11,14-16H,3,5,10,12-13H2,1H3. The number of pyridine rings is 1. The predicted molar refractivity (Wildman–Crippen MR) is 122 cm³/mol. The molecule has 0 saturated carbocycles. The molecule has 6 nitrogen and oxygen atoms in total. The van der Waals surface area contributed by atoms with Crippen LogP contribution in [0.2, 0.25) is 0 Å². The van der Waals surface area contributed by atoms with Crippen LogP contribution in [0.4, 0.5) is 0 Å². The fraction of sp³-hybridized carbons (Fsp3) is 0.250. The van der Waals surface area contributed by atoms with Gasteiger partial charge in [0.15, 0.2) is 0 Å². The molecule has 0 saturated heterocycles. The minimum atomic E-state index is -0.317. The molecule has 7 heteroatoms. The summed E-state index contributed by atoms with van der Waals surface area (Å²) in [5.41, 5.74) is 4.01. The Hall–Kier alpha value is -3.32. The fourth-order valence-electron chi connectivity index (χ4n) is 3.36. The Morgan fingerprint density at radius 3 is 2.81 bits per heavy atom. The molecule has 4 aromatic rings. The van der Waals surface area contributed by atoms with Crippen LogP contribution in [0.1, 0.15) is 24.0 Å². The molecule has 0 N–H and O–H groups in total. The predicted octanol–water partition coefficient (Wildman–Crippen LogP) is 4.39. The average Bonchev–Trinajstić information content (AvgIpc) is 3.22. The van der Waals surface area contributed by atoms with Crippen molar-refractivity contribution in [2.24, 2.45) is 0 Å². The Morgan fingerprint density at radius 2 is 2.03 bits per heavy atom. The van der Waals surface area contributed by atoms with Gasteiger partial charge in [0.25, 0.3) is 5.56 Å². The van der Waals surface area contributed by atoms with Crippen LogP contribution < -0.4 is 5.56 Å². The minimum Gasteiger partial charge on any atom is -0.466 e. The smallest absolute Gasteiger partial charge is 0.307 e. The number of aromatic nitrogens is 3. The van der Waals surface area contributed by atoms with Crippen molar-refractivity contribution in [3.05, 3.63) is 82.0 Å². The second-order valence-corrected chi connectivity index (χ2v) is 8.23. The van der Waals surface area contributed by atoms with Crippen molar-refractivity contribution < 1.29 is 9.53 Å². The lowest BCUT2D eigenvalue weighted by molar-refractivity contribution is -0.144. The summed E-state index contributed by atoms with van der Waals surface area (Å²) in [6.07, 6.45) is 6.73. The lowest BCUT2D eigenvalue weighted by Crippen LogP contribution is -2.22. The number of esters is 1. The molecule has 0 bridgehead atoms. The van der Waals surface area contributed by atoms with Crippen molar-refractivity contribution in [1.82, 2.24) is 14.5 Å². The van der Waals surface area contributed by atoms with E-state index >= 15 is 0 Å². The van der Waals surface area contributed by atoms with E-state index in [2.05, 4.69) is 9.97 Å². The quantitative estimate of drug-likeness (QED) is 0.304. The first-order valence-electron chi connectivity index (χ1n) is 10.2. The zero-order valence-corrected chi connectivity index (χ0v) is 18.1. The van der Waals surface area contributed by atoms with Gasteiger partial charge in [-0.1, -0.05) is 35.9 Å². The summed E-state index contributed by atoms with van der Waals surface area (Å²) >= 11 is 1.45. The van der Waals surface area contributed by atoms with Gasteiger partial charge in [0.05, 0.1) is 24.7 Å². The second kappa shape index (κ2) is 9.66. The average molecular weight is 434 g/mol. The highest BCUT2D eigenvalue weighted by molar-refractivity contribution is 7.17. The first kappa shape index (κ1) is 20.9. The third kappa shape index (κ3) is 5.06. The molecule has 3 heterocycles. The first-order valence-corrected chi connectivity index (χ1v) is 11.1. The zero-order chi connectivity index (χ0) is 21.6. The Kier molecular flexibility index (Phi) is 6.52. The molecule has 4 rings (SSSR count). The third-order valence-corrected chi connectivity index (χ3v) is 5.96. The summed E-state index contributed by atoms with van der Waals surface area (Å²) in [5.74, 6) is -0.317. The van der Waals surface area contributed by atoms with Crippen LogP contribution in [0.25, 0.3) is 21.3 Å². The van der Waals surface area contributed by atoms with Gasteiger partial charge in [-0.25, -0.2) is 4.98 Å². The number of fused-ring (bicyclic) bond motifs is 1. The number of hydrogen-bond donors (Lipinski definition) is 0. The molecule has 0 aliphatic heterocycles. The topological polar surface area (TPSA) is 74.1 Å². The van der Waals surface area contributed by atoms with Crippen LogP contribution in [0.15, 0.2) is 65.3 Å². The van der Waals surface area contributed by atoms with E-state index < -0.39 is 0 Å². The monoisotopic (exact) mass is 433 g/mol. The van der Waals surface area contributed by atoms with Crippen LogP contribution >= 0.6 is 11.3 Å². The molecular formula is C24H23N3O3S. The highest BCUT2D eigenvalue weighted by Crippen LogP contribution is 2.30. The summed E-state index contributed by atoms with van der Waals surface area (Å²) < 4.78 is 6.80. The van der Waals surface area contributed by atoms with Gasteiger partial charge in [0, 0.05) is 29.9 Å². The third-order valence-electron chi connectivity index (χ3n) is 5.08. The molecule has 0 spiro atoms. The molecule has 0 fully saturated rings. The van der Waals surface area contributed by atoms with Gasteiger partial charge in [-0.15, -0.1) is 11.3 Å². The molecule has 0 aliphatic carbocycles. The first-order chi connectivity index (χ1) is 15.1. The summed E-state index contributed by atoms with van der Waals surface area (Å²) in [5, 5.41) is 2.56.